The first-order chi connectivity index (χ1) is 14.6. The van der Waals surface area contributed by atoms with Crippen LogP contribution in [0.15, 0.2) is 84.0 Å². The number of hydrogen-bond acceptors (Lipinski definition) is 5. The van der Waals surface area contributed by atoms with Crippen molar-refractivity contribution in [3.05, 3.63) is 95.6 Å². The van der Waals surface area contributed by atoms with E-state index in [2.05, 4.69) is 10.5 Å². The molecule has 2 N–H and O–H groups in total. The van der Waals surface area contributed by atoms with Gasteiger partial charge < -0.3 is 14.6 Å². The van der Waals surface area contributed by atoms with E-state index in [1.54, 1.807) is 36.4 Å². The molecule has 3 aromatic rings. The fourth-order valence-corrected chi connectivity index (χ4v) is 2.55. The Morgan fingerprint density at radius 2 is 1.53 bits per heavy atom. The van der Waals surface area contributed by atoms with Gasteiger partial charge in [0.25, 0.3) is 5.91 Å². The lowest BCUT2D eigenvalue weighted by Gasteiger charge is -2.11. The molecule has 0 unspecified atom stereocenters. The first-order valence-corrected chi connectivity index (χ1v) is 9.20. The average molecular weight is 404 g/mol. The molecule has 7 nitrogen and oxygen atoms in total. The summed E-state index contributed by atoms with van der Waals surface area (Å²) in [5.41, 5.74) is 3.62. The fourth-order valence-electron chi connectivity index (χ4n) is 2.55. The zero-order valence-corrected chi connectivity index (χ0v) is 16.0. The normalized spacial score (nSPS) is 10.5. The van der Waals surface area contributed by atoms with E-state index in [-0.39, 0.29) is 12.2 Å². The van der Waals surface area contributed by atoms with Gasteiger partial charge in [0.2, 0.25) is 0 Å². The summed E-state index contributed by atoms with van der Waals surface area (Å²) in [6.45, 7) is 0.614. The Labute approximate surface area is 173 Å². The van der Waals surface area contributed by atoms with Crippen LogP contribution in [-0.2, 0) is 0 Å². The zero-order chi connectivity index (χ0) is 21.2. The van der Waals surface area contributed by atoms with Gasteiger partial charge in [-0.25, -0.2) is 10.2 Å². The molecule has 0 fully saturated rings. The average Bonchev–Trinajstić information content (AvgIpc) is 2.78. The van der Waals surface area contributed by atoms with Gasteiger partial charge in [-0.2, -0.15) is 5.10 Å². The highest BCUT2D eigenvalue weighted by atomic mass is 16.5. The molecule has 0 saturated heterocycles. The van der Waals surface area contributed by atoms with Crippen molar-refractivity contribution in [3.63, 3.8) is 0 Å². The molecule has 1 amide bonds. The van der Waals surface area contributed by atoms with Crippen LogP contribution in [0.3, 0.4) is 0 Å². The minimum Gasteiger partial charge on any atom is -0.490 e. The van der Waals surface area contributed by atoms with Crippen molar-refractivity contribution in [2.75, 3.05) is 13.2 Å². The summed E-state index contributed by atoms with van der Waals surface area (Å²) in [6, 6.07) is 22.4. The molecule has 7 heteroatoms. The molecule has 0 aliphatic rings. The van der Waals surface area contributed by atoms with E-state index in [1.165, 1.54) is 18.3 Å². The maximum atomic E-state index is 12.4. The lowest BCUT2D eigenvalue weighted by molar-refractivity contribution is 0.0696. The molecule has 0 saturated carbocycles. The molecule has 0 radical (unpaired) electrons. The topological polar surface area (TPSA) is 97.2 Å². The van der Waals surface area contributed by atoms with Gasteiger partial charge in [0, 0.05) is 0 Å². The van der Waals surface area contributed by atoms with Crippen LogP contribution in [0.25, 0.3) is 0 Å². The highest BCUT2D eigenvalue weighted by molar-refractivity contribution is 5.97. The van der Waals surface area contributed by atoms with E-state index in [4.69, 9.17) is 14.6 Å². The predicted molar refractivity (Wildman–Crippen MR) is 112 cm³/mol. The number of amides is 1. The Morgan fingerprint density at radius 3 is 2.27 bits per heavy atom. The molecular weight excluding hydrogens is 384 g/mol. The molecule has 0 heterocycles. The van der Waals surface area contributed by atoms with E-state index in [0.29, 0.717) is 23.5 Å². The maximum Gasteiger partial charge on any atom is 0.335 e. The third kappa shape index (κ3) is 5.93. The van der Waals surface area contributed by atoms with E-state index in [1.807, 2.05) is 30.3 Å². The van der Waals surface area contributed by atoms with Crippen LogP contribution in [0.5, 0.6) is 11.5 Å². The largest absolute Gasteiger partial charge is 0.490 e. The Hall–Kier alpha value is -4.13. The molecular formula is C23H20N2O5. The van der Waals surface area contributed by atoms with Crippen molar-refractivity contribution in [3.8, 4) is 11.5 Å². The van der Waals surface area contributed by atoms with Crippen LogP contribution < -0.4 is 14.9 Å². The molecule has 30 heavy (non-hydrogen) atoms. The number of ether oxygens (including phenoxy) is 2. The number of hydrazone groups is 1. The van der Waals surface area contributed by atoms with Gasteiger partial charge in [-0.05, 0) is 42.0 Å². The monoisotopic (exact) mass is 404 g/mol. The number of carbonyl (C=O) groups is 2. The lowest BCUT2D eigenvalue weighted by atomic mass is 10.1. The number of rotatable bonds is 9. The van der Waals surface area contributed by atoms with Crippen LogP contribution in [0.2, 0.25) is 0 Å². The van der Waals surface area contributed by atoms with Crippen molar-refractivity contribution in [1.29, 1.82) is 0 Å². The van der Waals surface area contributed by atoms with Gasteiger partial charge in [0.15, 0.2) is 0 Å². The summed E-state index contributed by atoms with van der Waals surface area (Å²) in [4.78, 5) is 23.3. The molecule has 0 atom stereocenters. The molecule has 152 valence electrons. The zero-order valence-electron chi connectivity index (χ0n) is 16.0. The maximum absolute atomic E-state index is 12.4. The van der Waals surface area contributed by atoms with Gasteiger partial charge in [0.05, 0.1) is 17.3 Å². The van der Waals surface area contributed by atoms with Crippen LogP contribution in [0.1, 0.15) is 26.3 Å². The predicted octanol–water partition coefficient (Wildman–Crippen LogP) is 3.61. The van der Waals surface area contributed by atoms with Crippen molar-refractivity contribution >= 4 is 18.1 Å². The molecule has 3 rings (SSSR count). The summed E-state index contributed by atoms with van der Waals surface area (Å²) >= 11 is 0. The summed E-state index contributed by atoms with van der Waals surface area (Å²) in [5, 5.41) is 12.8. The molecule has 3 aromatic carbocycles. The number of aromatic carboxylic acids is 1. The standard InChI is InChI=1S/C23H20N2O5/c26-22(25-24-16-17-10-12-18(13-11-17)23(27)28)20-8-4-5-9-21(20)30-15-14-29-19-6-2-1-3-7-19/h1-13,16H,14-15H2,(H,25,26)(H,27,28)/b24-16-. The Bertz CT molecular complexity index is 1020. The Balaban J connectivity index is 1.53. The Morgan fingerprint density at radius 1 is 0.867 bits per heavy atom. The number of nitrogens with one attached hydrogen (secondary N) is 1. The van der Waals surface area contributed by atoms with Crippen molar-refractivity contribution < 1.29 is 24.2 Å². The molecule has 0 aliphatic carbocycles. The summed E-state index contributed by atoms with van der Waals surface area (Å²) in [5.74, 6) is -0.254. The number of carboxylic acids is 1. The summed E-state index contributed by atoms with van der Waals surface area (Å²) in [6.07, 6.45) is 1.43. The van der Waals surface area contributed by atoms with Gasteiger partial charge >= 0.3 is 5.97 Å². The van der Waals surface area contributed by atoms with Gasteiger partial charge in [0.1, 0.15) is 24.7 Å². The van der Waals surface area contributed by atoms with Crippen molar-refractivity contribution in [1.82, 2.24) is 5.43 Å². The van der Waals surface area contributed by atoms with Crippen LogP contribution in [0, 0.1) is 0 Å². The second-order valence-corrected chi connectivity index (χ2v) is 6.13. The highest BCUT2D eigenvalue weighted by Crippen LogP contribution is 2.18. The quantitative estimate of drug-likeness (QED) is 0.323. The number of hydrogen-bond donors (Lipinski definition) is 2. The van der Waals surface area contributed by atoms with E-state index in [9.17, 15) is 9.59 Å². The smallest absolute Gasteiger partial charge is 0.335 e. The van der Waals surface area contributed by atoms with Crippen molar-refractivity contribution in [2.45, 2.75) is 0 Å². The third-order valence-electron chi connectivity index (χ3n) is 4.02. The second kappa shape index (κ2) is 10.4. The van der Waals surface area contributed by atoms with E-state index in [0.717, 1.165) is 5.75 Å². The first kappa shape index (κ1) is 20.6. The fraction of sp³-hybridized carbons (Fsp3) is 0.0870. The number of carboxylic acid groups (broad SMARTS) is 1. The molecule has 0 aliphatic heterocycles. The van der Waals surface area contributed by atoms with Gasteiger partial charge in [-0.15, -0.1) is 0 Å². The molecule has 0 aromatic heterocycles. The van der Waals surface area contributed by atoms with Crippen LogP contribution >= 0.6 is 0 Å². The van der Waals surface area contributed by atoms with Gasteiger partial charge in [-0.3, -0.25) is 4.79 Å². The molecule has 0 bridgehead atoms. The highest BCUT2D eigenvalue weighted by Gasteiger charge is 2.11. The minimum atomic E-state index is -1.00. The number of carbonyl (C=O) groups excluding carboxylic acids is 1. The third-order valence-corrected chi connectivity index (χ3v) is 4.02. The summed E-state index contributed by atoms with van der Waals surface area (Å²) in [7, 11) is 0. The van der Waals surface area contributed by atoms with E-state index < -0.39 is 11.9 Å². The van der Waals surface area contributed by atoms with Crippen LogP contribution in [0.4, 0.5) is 0 Å². The van der Waals surface area contributed by atoms with E-state index >= 15 is 0 Å². The summed E-state index contributed by atoms with van der Waals surface area (Å²) < 4.78 is 11.3. The van der Waals surface area contributed by atoms with Crippen LogP contribution in [-0.4, -0.2) is 36.4 Å². The molecule has 0 spiro atoms. The van der Waals surface area contributed by atoms with Crippen molar-refractivity contribution in [2.24, 2.45) is 5.10 Å². The number of benzene rings is 3. The minimum absolute atomic E-state index is 0.179. The van der Waals surface area contributed by atoms with Gasteiger partial charge in [-0.1, -0.05) is 42.5 Å². The first-order valence-electron chi connectivity index (χ1n) is 9.20. The number of nitrogens with zero attached hydrogens (tertiary/aromatic N) is 1. The lowest BCUT2D eigenvalue weighted by Crippen LogP contribution is -2.19. The SMILES string of the molecule is O=C(O)c1ccc(/C=N\NC(=O)c2ccccc2OCCOc2ccccc2)cc1. The second-order valence-electron chi connectivity index (χ2n) is 6.13. The Kier molecular flexibility index (Phi) is 7.16. The number of para-hydroxylation sites is 2.